The summed E-state index contributed by atoms with van der Waals surface area (Å²) < 4.78 is 27.5. The molecule has 2 bridgehead atoms. The number of rotatable bonds is 10. The van der Waals surface area contributed by atoms with E-state index in [0.717, 1.165) is 6.08 Å². The molecule has 0 spiro atoms. The van der Waals surface area contributed by atoms with Gasteiger partial charge < -0.3 is 65.6 Å². The zero-order valence-corrected chi connectivity index (χ0v) is 31.5. The predicted octanol–water partition coefficient (Wildman–Crippen LogP) is -0.442. The Morgan fingerprint density at radius 1 is 1.04 bits per heavy atom. The van der Waals surface area contributed by atoms with Crippen molar-refractivity contribution in [1.29, 1.82) is 0 Å². The Balaban J connectivity index is 1.90. The van der Waals surface area contributed by atoms with Crippen LogP contribution in [0.3, 0.4) is 0 Å². The number of primary amides is 1. The Morgan fingerprint density at radius 2 is 1.74 bits per heavy atom. The van der Waals surface area contributed by atoms with Gasteiger partial charge in [-0.3, -0.25) is 14.4 Å². The van der Waals surface area contributed by atoms with Gasteiger partial charge in [0.05, 0.1) is 36.8 Å². The van der Waals surface area contributed by atoms with Crippen molar-refractivity contribution in [1.82, 2.24) is 10.6 Å². The van der Waals surface area contributed by atoms with Crippen molar-refractivity contribution >= 4 is 23.6 Å². The van der Waals surface area contributed by atoms with Crippen LogP contribution in [0.4, 0.5) is 4.79 Å². The Hall–Kier alpha value is -3.78. The van der Waals surface area contributed by atoms with E-state index in [4.69, 9.17) is 29.4 Å². The smallest absolute Gasteiger partial charge is 0.405 e. The summed E-state index contributed by atoms with van der Waals surface area (Å²) in [6.07, 6.45) is -3.89. The summed E-state index contributed by atoms with van der Waals surface area (Å²) in [7, 11) is 2.85. The van der Waals surface area contributed by atoms with Crippen molar-refractivity contribution in [2.45, 2.75) is 102 Å². The van der Waals surface area contributed by atoms with Crippen LogP contribution in [-0.4, -0.2) is 138 Å². The Morgan fingerprint density at radius 3 is 2.37 bits per heavy atom. The lowest BCUT2D eigenvalue weighted by Gasteiger charge is -2.39. The molecule has 2 aliphatic heterocycles. The first-order chi connectivity index (χ1) is 25.5. The zero-order chi connectivity index (χ0) is 40.3. The van der Waals surface area contributed by atoms with Crippen LogP contribution in [0.1, 0.15) is 47.0 Å². The third-order valence-electron chi connectivity index (χ3n) is 9.55. The number of amides is 2. The molecule has 17 nitrogen and oxygen atoms in total. The molecular weight excluding hydrogens is 710 g/mol. The van der Waals surface area contributed by atoms with Crippen LogP contribution in [0, 0.1) is 11.8 Å². The lowest BCUT2D eigenvalue weighted by molar-refractivity contribution is -0.301. The van der Waals surface area contributed by atoms with Crippen LogP contribution in [0.25, 0.3) is 0 Å². The molecule has 1 saturated heterocycles. The first-order valence-electron chi connectivity index (χ1n) is 17.8. The average Bonchev–Trinajstić information content (AvgIpc) is 3.13. The van der Waals surface area contributed by atoms with Crippen LogP contribution < -0.4 is 16.4 Å². The Bertz CT molecular complexity index is 1500. The number of aliphatic hydroxyl groups is 5. The number of hydrogen-bond acceptors (Lipinski definition) is 15. The second-order valence-electron chi connectivity index (χ2n) is 13.8. The topological polar surface area (TPSA) is 266 Å². The highest BCUT2D eigenvalue weighted by Crippen LogP contribution is 2.29. The number of ether oxygens (including phenoxy) is 5. The van der Waals surface area contributed by atoms with Gasteiger partial charge in [-0.25, -0.2) is 4.79 Å². The minimum absolute atomic E-state index is 0.0197. The second-order valence-corrected chi connectivity index (χ2v) is 13.8. The fourth-order valence-electron chi connectivity index (χ4n) is 6.47. The van der Waals surface area contributed by atoms with E-state index >= 15 is 0 Å². The van der Waals surface area contributed by atoms with Gasteiger partial charge in [0.1, 0.15) is 30.5 Å². The van der Waals surface area contributed by atoms with E-state index in [-0.39, 0.29) is 60.9 Å². The molecule has 17 heteroatoms. The first-order valence-corrected chi connectivity index (χ1v) is 17.8. The monoisotopic (exact) mass is 765 g/mol. The van der Waals surface area contributed by atoms with Gasteiger partial charge in [-0.1, -0.05) is 38.2 Å². The van der Waals surface area contributed by atoms with Gasteiger partial charge in [0.25, 0.3) is 5.91 Å². The standard InChI is InChI=1S/C37H55N3O14/c1-18-13-22-28(39-11-8-12-52-36-33(47)32(46)31(45)27(17-41)53-36)24(42)16-23(30(22)44)40-35(48)19(2)9-7-10-25(50-5)34(54-37(38)49)21(4)15-20(3)29(43)26(14-18)51-6/h7,9-10,15-16,18,20,25-27,29,31-34,36,39,41,43,45-47H,8,11-14,17H2,1-6H3,(H2,38,49)(H,40,48)/b10-7-,19-9+,21-15+/t18-,20+,25+,26+,27-,29-,31+,32+,33-,34+,36-/m1/s1. The fraction of sp³-hybridized carbons (Fsp3) is 0.622. The normalized spacial score (nSPS) is 35.9. The van der Waals surface area contributed by atoms with Crippen molar-refractivity contribution in [3.63, 3.8) is 0 Å². The van der Waals surface area contributed by atoms with Gasteiger partial charge in [-0.2, -0.15) is 0 Å². The van der Waals surface area contributed by atoms with Crippen LogP contribution >= 0.6 is 0 Å². The van der Waals surface area contributed by atoms with Crippen molar-refractivity contribution in [3.05, 3.63) is 58.5 Å². The maximum atomic E-state index is 13.9. The number of methoxy groups -OCH3 is 2. The van der Waals surface area contributed by atoms with Gasteiger partial charge in [-0.05, 0) is 44.6 Å². The second kappa shape index (κ2) is 20.8. The van der Waals surface area contributed by atoms with E-state index in [1.165, 1.54) is 33.3 Å². The molecule has 0 radical (unpaired) electrons. The molecule has 0 saturated carbocycles. The number of fused-ring (bicyclic) bond motifs is 2. The molecule has 3 rings (SSSR count). The van der Waals surface area contributed by atoms with Crippen LogP contribution in [0.15, 0.2) is 58.5 Å². The van der Waals surface area contributed by atoms with E-state index < -0.39 is 91.2 Å². The molecule has 9 N–H and O–H groups in total. The summed E-state index contributed by atoms with van der Waals surface area (Å²) >= 11 is 0. The summed E-state index contributed by atoms with van der Waals surface area (Å²) in [6.45, 7) is 6.29. The lowest BCUT2D eigenvalue weighted by Crippen LogP contribution is -2.59. The third kappa shape index (κ3) is 11.6. The quantitative estimate of drug-likeness (QED) is 0.0796. The summed E-state index contributed by atoms with van der Waals surface area (Å²) in [5, 5.41) is 56.6. The Labute approximate surface area is 314 Å². The molecule has 11 atom stereocenters. The number of Topliss-reactive ketones (excluding diaryl/α,β-unsaturated/α-hetero) is 1. The van der Waals surface area contributed by atoms with E-state index in [0.29, 0.717) is 5.57 Å². The molecule has 54 heavy (non-hydrogen) atoms. The maximum absolute atomic E-state index is 13.9. The van der Waals surface area contributed by atoms with Crippen molar-refractivity contribution in [2.24, 2.45) is 17.6 Å². The zero-order valence-electron chi connectivity index (χ0n) is 31.5. The average molecular weight is 766 g/mol. The van der Waals surface area contributed by atoms with E-state index in [1.54, 1.807) is 26.0 Å². The molecule has 0 unspecified atom stereocenters. The highest BCUT2D eigenvalue weighted by Gasteiger charge is 2.44. The fourth-order valence-corrected chi connectivity index (χ4v) is 6.47. The largest absolute Gasteiger partial charge is 0.439 e. The van der Waals surface area contributed by atoms with Gasteiger partial charge in [0.15, 0.2) is 12.4 Å². The molecule has 302 valence electrons. The molecule has 3 aliphatic rings. The summed E-state index contributed by atoms with van der Waals surface area (Å²) in [5.74, 6) is -2.63. The molecule has 0 aromatic rings. The Kier molecular flexibility index (Phi) is 17.2. The molecule has 1 fully saturated rings. The van der Waals surface area contributed by atoms with Crippen molar-refractivity contribution < 1.29 is 68.4 Å². The lowest BCUT2D eigenvalue weighted by atomic mass is 9.85. The number of nitrogens with one attached hydrogen (secondary N) is 2. The number of ketones is 2. The maximum Gasteiger partial charge on any atom is 0.405 e. The minimum Gasteiger partial charge on any atom is -0.439 e. The molecule has 1 aliphatic carbocycles. The minimum atomic E-state index is -1.60. The SMILES string of the molecule is CO[C@H]1/C=C\C=C(/C)C(=O)NC2=CC(=O)C(NCCCO[C@@H]3O[C@H](CO)[C@H](O)[C@H](O)[C@H]3O)=C(C[C@@H](C)C[C@H](OC)[C@H](O)[C@@H](C)/C=C(\C)[C@@H]1OC(N)=O)C2=O. The van der Waals surface area contributed by atoms with Crippen LogP contribution in [0.5, 0.6) is 0 Å². The van der Waals surface area contributed by atoms with Crippen molar-refractivity contribution in [3.8, 4) is 0 Å². The number of carbonyl (C=O) groups is 4. The van der Waals surface area contributed by atoms with Gasteiger partial charge >= 0.3 is 6.09 Å². The molecule has 0 aromatic carbocycles. The van der Waals surface area contributed by atoms with E-state index in [9.17, 15) is 44.7 Å². The number of aliphatic hydroxyl groups excluding tert-OH is 5. The number of nitrogens with two attached hydrogens (primary N) is 1. The molecule has 0 aromatic heterocycles. The van der Waals surface area contributed by atoms with Gasteiger partial charge in [0.2, 0.25) is 11.6 Å². The number of hydrogen-bond donors (Lipinski definition) is 8. The van der Waals surface area contributed by atoms with Gasteiger partial charge in [0, 0.05) is 43.9 Å². The summed E-state index contributed by atoms with van der Waals surface area (Å²) in [6, 6.07) is 0. The van der Waals surface area contributed by atoms with Crippen LogP contribution in [0.2, 0.25) is 0 Å². The predicted molar refractivity (Wildman–Crippen MR) is 192 cm³/mol. The first kappa shape index (κ1) is 44.6. The summed E-state index contributed by atoms with van der Waals surface area (Å²) in [5.41, 5.74) is 6.00. The summed E-state index contributed by atoms with van der Waals surface area (Å²) in [4.78, 5) is 52.4. The number of carbonyl (C=O) groups excluding carboxylic acids is 4. The third-order valence-corrected chi connectivity index (χ3v) is 9.55. The highest BCUT2D eigenvalue weighted by atomic mass is 16.7. The van der Waals surface area contributed by atoms with E-state index in [1.807, 2.05) is 6.92 Å². The molecular formula is C37H55N3O14. The number of allylic oxidation sites excluding steroid dienone is 4. The molecule has 2 heterocycles. The van der Waals surface area contributed by atoms with E-state index in [2.05, 4.69) is 10.6 Å². The van der Waals surface area contributed by atoms with Gasteiger partial charge in [-0.15, -0.1) is 0 Å². The highest BCUT2D eigenvalue weighted by molar-refractivity contribution is 6.23. The van der Waals surface area contributed by atoms with Crippen LogP contribution in [-0.2, 0) is 38.1 Å². The molecule has 2 amide bonds. The van der Waals surface area contributed by atoms with Crippen molar-refractivity contribution in [2.75, 3.05) is 34.0 Å².